The average molecular weight is 210 g/mol. The molecule has 0 bridgehead atoms. The highest BCUT2D eigenvalue weighted by Crippen LogP contribution is 2.20. The normalized spacial score (nSPS) is 12.2. The Morgan fingerprint density at radius 2 is 2.00 bits per heavy atom. The van der Waals surface area contributed by atoms with Gasteiger partial charge in [-0.2, -0.15) is 0 Å². The highest BCUT2D eigenvalue weighted by molar-refractivity contribution is 5.67. The monoisotopic (exact) mass is 210 g/mol. The molecular formula is C11H14O4. The van der Waals surface area contributed by atoms with Crippen LogP contribution < -0.4 is 4.74 Å². The van der Waals surface area contributed by atoms with Gasteiger partial charge in [0.25, 0.3) is 0 Å². The number of aliphatic hydroxyl groups excluding tert-OH is 1. The molecule has 0 amide bonds. The van der Waals surface area contributed by atoms with Crippen LogP contribution in [0.5, 0.6) is 5.75 Å². The van der Waals surface area contributed by atoms with Crippen molar-refractivity contribution in [1.82, 2.24) is 0 Å². The summed E-state index contributed by atoms with van der Waals surface area (Å²) < 4.78 is 5.00. The molecule has 1 unspecified atom stereocenters. The standard InChI is InChI=1S/C11H14O4/c1-8(11(7-12)15-13)9-3-5-10(14-2)6-4-9/h3-6,11-13H,1,7H2,2H3. The van der Waals surface area contributed by atoms with E-state index >= 15 is 0 Å². The molecule has 0 radical (unpaired) electrons. The number of ether oxygens (including phenoxy) is 1. The maximum Gasteiger partial charge on any atom is 0.141 e. The topological polar surface area (TPSA) is 58.9 Å². The largest absolute Gasteiger partial charge is 0.497 e. The Balaban J connectivity index is 2.82. The zero-order chi connectivity index (χ0) is 11.3. The van der Waals surface area contributed by atoms with Gasteiger partial charge in [-0.05, 0) is 23.3 Å². The van der Waals surface area contributed by atoms with Crippen molar-refractivity contribution in [2.75, 3.05) is 13.7 Å². The first-order valence-electron chi connectivity index (χ1n) is 4.47. The fourth-order valence-electron chi connectivity index (χ4n) is 1.20. The predicted octanol–water partition coefficient (Wildman–Crippen LogP) is 1.56. The number of hydrogen-bond acceptors (Lipinski definition) is 4. The molecule has 4 heteroatoms. The summed E-state index contributed by atoms with van der Waals surface area (Å²) >= 11 is 0. The van der Waals surface area contributed by atoms with Crippen molar-refractivity contribution in [2.24, 2.45) is 0 Å². The Labute approximate surface area is 88.3 Å². The molecule has 0 saturated heterocycles. The van der Waals surface area contributed by atoms with Gasteiger partial charge >= 0.3 is 0 Å². The molecule has 1 aromatic carbocycles. The molecule has 0 fully saturated rings. The van der Waals surface area contributed by atoms with Gasteiger partial charge in [0, 0.05) is 0 Å². The fraction of sp³-hybridized carbons (Fsp3) is 0.273. The molecule has 2 N–H and O–H groups in total. The van der Waals surface area contributed by atoms with E-state index in [1.807, 2.05) is 0 Å². The van der Waals surface area contributed by atoms with Crippen LogP contribution >= 0.6 is 0 Å². The summed E-state index contributed by atoms with van der Waals surface area (Å²) in [6.45, 7) is 3.42. The van der Waals surface area contributed by atoms with Crippen LogP contribution in [-0.2, 0) is 4.89 Å². The zero-order valence-electron chi connectivity index (χ0n) is 8.51. The summed E-state index contributed by atoms with van der Waals surface area (Å²) in [4.78, 5) is 4.09. The minimum absolute atomic E-state index is 0.318. The molecule has 0 heterocycles. The Morgan fingerprint density at radius 1 is 1.40 bits per heavy atom. The SMILES string of the molecule is C=C(c1ccc(OC)cc1)C(CO)OO. The lowest BCUT2D eigenvalue weighted by atomic mass is 10.0. The van der Waals surface area contributed by atoms with E-state index in [2.05, 4.69) is 11.5 Å². The Hall–Kier alpha value is -1.36. The molecule has 1 rings (SSSR count). The lowest BCUT2D eigenvalue weighted by Gasteiger charge is -2.13. The summed E-state index contributed by atoms with van der Waals surface area (Å²) in [5.74, 6) is 0.733. The third-order valence-electron chi connectivity index (χ3n) is 2.14. The zero-order valence-corrected chi connectivity index (χ0v) is 8.51. The molecule has 0 aliphatic heterocycles. The molecule has 0 aromatic heterocycles. The number of methoxy groups -OCH3 is 1. The summed E-state index contributed by atoms with van der Waals surface area (Å²) in [6.07, 6.45) is -0.793. The van der Waals surface area contributed by atoms with Crippen molar-refractivity contribution in [3.8, 4) is 5.75 Å². The van der Waals surface area contributed by atoms with Crippen LogP contribution in [0.15, 0.2) is 30.8 Å². The van der Waals surface area contributed by atoms with E-state index < -0.39 is 6.10 Å². The fourth-order valence-corrected chi connectivity index (χ4v) is 1.20. The molecule has 1 atom stereocenters. The van der Waals surface area contributed by atoms with E-state index in [9.17, 15) is 0 Å². The predicted molar refractivity (Wildman–Crippen MR) is 56.6 cm³/mol. The maximum absolute atomic E-state index is 8.89. The molecule has 4 nitrogen and oxygen atoms in total. The summed E-state index contributed by atoms with van der Waals surface area (Å²) in [5.41, 5.74) is 1.30. The summed E-state index contributed by atoms with van der Waals surface area (Å²) in [5, 5.41) is 17.4. The second-order valence-electron chi connectivity index (χ2n) is 3.03. The van der Waals surface area contributed by atoms with Gasteiger partial charge in [0.1, 0.15) is 11.9 Å². The van der Waals surface area contributed by atoms with Crippen molar-refractivity contribution in [2.45, 2.75) is 6.10 Å². The van der Waals surface area contributed by atoms with Gasteiger partial charge in [-0.25, -0.2) is 4.89 Å². The van der Waals surface area contributed by atoms with Crippen LogP contribution in [0, 0.1) is 0 Å². The number of aliphatic hydroxyl groups is 1. The molecule has 0 aliphatic rings. The first-order valence-corrected chi connectivity index (χ1v) is 4.47. The molecule has 15 heavy (non-hydrogen) atoms. The third-order valence-corrected chi connectivity index (χ3v) is 2.14. The second-order valence-corrected chi connectivity index (χ2v) is 3.03. The van der Waals surface area contributed by atoms with Crippen molar-refractivity contribution in [3.63, 3.8) is 0 Å². The van der Waals surface area contributed by atoms with Crippen molar-refractivity contribution in [3.05, 3.63) is 36.4 Å². The number of benzene rings is 1. The molecule has 1 aromatic rings. The summed E-state index contributed by atoms with van der Waals surface area (Å²) in [7, 11) is 1.58. The van der Waals surface area contributed by atoms with Gasteiger partial charge < -0.3 is 9.84 Å². The van der Waals surface area contributed by atoms with Gasteiger partial charge in [0.2, 0.25) is 0 Å². The Kier molecular flexibility index (Phi) is 4.30. The molecule has 0 spiro atoms. The van der Waals surface area contributed by atoms with Crippen molar-refractivity contribution < 1.29 is 20.0 Å². The smallest absolute Gasteiger partial charge is 0.141 e. The van der Waals surface area contributed by atoms with Gasteiger partial charge in [-0.1, -0.05) is 18.7 Å². The lowest BCUT2D eigenvalue weighted by molar-refractivity contribution is -0.268. The first kappa shape index (κ1) is 11.7. The van der Waals surface area contributed by atoms with Crippen LogP contribution in [0.25, 0.3) is 5.57 Å². The lowest BCUT2D eigenvalue weighted by Crippen LogP contribution is -2.17. The van der Waals surface area contributed by atoms with Crippen LogP contribution in [0.2, 0.25) is 0 Å². The van der Waals surface area contributed by atoms with Gasteiger partial charge in [-0.15, -0.1) is 0 Å². The Morgan fingerprint density at radius 3 is 2.40 bits per heavy atom. The minimum Gasteiger partial charge on any atom is -0.497 e. The van der Waals surface area contributed by atoms with Crippen LogP contribution in [0.1, 0.15) is 5.56 Å². The van der Waals surface area contributed by atoms with E-state index in [4.69, 9.17) is 15.1 Å². The van der Waals surface area contributed by atoms with Gasteiger partial charge in [0.05, 0.1) is 13.7 Å². The summed E-state index contributed by atoms with van der Waals surface area (Å²) in [6, 6.07) is 7.10. The number of rotatable bonds is 5. The third kappa shape index (κ3) is 2.79. The van der Waals surface area contributed by atoms with Crippen LogP contribution in [0.4, 0.5) is 0 Å². The van der Waals surface area contributed by atoms with Crippen LogP contribution in [-0.4, -0.2) is 30.2 Å². The van der Waals surface area contributed by atoms with Gasteiger partial charge in [0.15, 0.2) is 0 Å². The van der Waals surface area contributed by atoms with E-state index in [0.717, 1.165) is 11.3 Å². The molecule has 0 aliphatic carbocycles. The van der Waals surface area contributed by atoms with Crippen molar-refractivity contribution in [1.29, 1.82) is 0 Å². The van der Waals surface area contributed by atoms with E-state index in [1.165, 1.54) is 0 Å². The quantitative estimate of drug-likeness (QED) is 0.572. The second kappa shape index (κ2) is 5.50. The van der Waals surface area contributed by atoms with E-state index in [0.29, 0.717) is 5.57 Å². The van der Waals surface area contributed by atoms with Gasteiger partial charge in [-0.3, -0.25) is 5.26 Å². The minimum atomic E-state index is -0.793. The van der Waals surface area contributed by atoms with E-state index in [1.54, 1.807) is 31.4 Å². The van der Waals surface area contributed by atoms with E-state index in [-0.39, 0.29) is 6.61 Å². The maximum atomic E-state index is 8.89. The first-order chi connectivity index (χ1) is 7.22. The molecule has 82 valence electrons. The van der Waals surface area contributed by atoms with Crippen LogP contribution in [0.3, 0.4) is 0 Å². The Bertz CT molecular complexity index is 314. The van der Waals surface area contributed by atoms with Crippen molar-refractivity contribution >= 4 is 5.57 Å². The molecule has 0 saturated carbocycles. The number of hydrogen-bond donors (Lipinski definition) is 2. The highest BCUT2D eigenvalue weighted by Gasteiger charge is 2.13. The highest BCUT2D eigenvalue weighted by atomic mass is 17.1. The molecular weight excluding hydrogens is 196 g/mol. The average Bonchev–Trinajstić information content (AvgIpc) is 2.30.